The van der Waals surface area contributed by atoms with Crippen LogP contribution in [0.5, 0.6) is 0 Å². The maximum absolute atomic E-state index is 15.1. The molecule has 2 aromatic carbocycles. The number of nitrogens with one attached hydrogen (secondary N) is 1. The molecule has 1 unspecified atom stereocenters. The largest absolute Gasteiger partial charge is 0.442 e. The van der Waals surface area contributed by atoms with Crippen molar-refractivity contribution >= 4 is 23.4 Å². The van der Waals surface area contributed by atoms with Crippen LogP contribution in [0.15, 0.2) is 54.9 Å². The molecule has 2 amide bonds. The Kier molecular flexibility index (Phi) is 6.10. The van der Waals surface area contributed by atoms with Gasteiger partial charge in [0.25, 0.3) is 0 Å². The van der Waals surface area contributed by atoms with Gasteiger partial charge in [0.05, 0.1) is 36.7 Å². The first-order valence-electron chi connectivity index (χ1n) is 11.4. The second-order valence-corrected chi connectivity index (χ2v) is 8.79. The van der Waals surface area contributed by atoms with E-state index >= 15 is 4.39 Å². The van der Waals surface area contributed by atoms with E-state index in [-0.39, 0.29) is 30.9 Å². The van der Waals surface area contributed by atoms with E-state index in [0.29, 0.717) is 24.5 Å². The van der Waals surface area contributed by atoms with Crippen LogP contribution in [0.2, 0.25) is 0 Å². The highest BCUT2D eigenvalue weighted by Gasteiger charge is 2.33. The van der Waals surface area contributed by atoms with Gasteiger partial charge in [0.15, 0.2) is 0 Å². The molecular weight excluding hydrogens is 456 g/mol. The third kappa shape index (κ3) is 4.82. The lowest BCUT2D eigenvalue weighted by Gasteiger charge is -2.21. The third-order valence-corrected chi connectivity index (χ3v) is 6.35. The Morgan fingerprint density at radius 1 is 1.14 bits per heavy atom. The van der Waals surface area contributed by atoms with Gasteiger partial charge < -0.3 is 15.0 Å². The van der Waals surface area contributed by atoms with Crippen molar-refractivity contribution in [1.82, 2.24) is 15.1 Å². The van der Waals surface area contributed by atoms with Gasteiger partial charge in [-0.25, -0.2) is 13.6 Å². The van der Waals surface area contributed by atoms with Gasteiger partial charge in [-0.1, -0.05) is 12.1 Å². The molecule has 2 aliphatic heterocycles. The topological polar surface area (TPSA) is 79.7 Å². The summed E-state index contributed by atoms with van der Waals surface area (Å²) in [6, 6.07) is 11.1. The predicted molar refractivity (Wildman–Crippen MR) is 126 cm³/mol. The first-order valence-corrected chi connectivity index (χ1v) is 11.4. The highest BCUT2D eigenvalue weighted by Crippen LogP contribution is 2.32. The number of rotatable bonds is 6. The standard InChI is InChI=1S/C25H25F2N5O3/c1-16(33)28-12-22-15-31(25(34)35-22)20-6-7-24(23(27)10-20)30-9-8-21(14-30)32-13-18(11-29-32)17-2-4-19(26)5-3-17/h2-7,10-11,13,21-22H,8-9,12,14-15H2,1H3,(H,28,33)/t21?,22-/m0/s1. The number of anilines is 2. The molecule has 0 aliphatic carbocycles. The summed E-state index contributed by atoms with van der Waals surface area (Å²) >= 11 is 0. The molecule has 0 bridgehead atoms. The Morgan fingerprint density at radius 2 is 1.94 bits per heavy atom. The average molecular weight is 482 g/mol. The molecule has 35 heavy (non-hydrogen) atoms. The number of carbonyl (C=O) groups is 2. The molecule has 1 aromatic heterocycles. The molecule has 2 saturated heterocycles. The second kappa shape index (κ2) is 9.36. The van der Waals surface area contributed by atoms with E-state index in [9.17, 15) is 14.0 Å². The van der Waals surface area contributed by atoms with Crippen LogP contribution in [0.1, 0.15) is 19.4 Å². The summed E-state index contributed by atoms with van der Waals surface area (Å²) < 4.78 is 35.4. The highest BCUT2D eigenvalue weighted by molar-refractivity contribution is 5.90. The van der Waals surface area contributed by atoms with Crippen LogP contribution in [0, 0.1) is 11.6 Å². The van der Waals surface area contributed by atoms with Crippen molar-refractivity contribution < 1.29 is 23.1 Å². The Labute approximate surface area is 201 Å². The maximum Gasteiger partial charge on any atom is 0.414 e. The number of hydrogen-bond donors (Lipinski definition) is 1. The first kappa shape index (κ1) is 22.8. The zero-order valence-electron chi connectivity index (χ0n) is 19.2. The molecule has 0 radical (unpaired) electrons. The van der Waals surface area contributed by atoms with Crippen molar-refractivity contribution in [3.63, 3.8) is 0 Å². The Balaban J connectivity index is 1.24. The SMILES string of the molecule is CC(=O)NC[C@H]1CN(c2ccc(N3CCC(n4cc(-c5ccc(F)cc5)cn4)C3)c(F)c2)C(=O)O1. The van der Waals surface area contributed by atoms with Crippen molar-refractivity contribution in [2.45, 2.75) is 25.5 Å². The van der Waals surface area contributed by atoms with E-state index in [1.54, 1.807) is 30.5 Å². The van der Waals surface area contributed by atoms with Gasteiger partial charge in [0, 0.05) is 31.8 Å². The fourth-order valence-corrected chi connectivity index (χ4v) is 4.52. The third-order valence-electron chi connectivity index (χ3n) is 6.35. The molecular formula is C25H25F2N5O3. The Bertz CT molecular complexity index is 1250. The maximum atomic E-state index is 15.1. The molecule has 3 aromatic rings. The Morgan fingerprint density at radius 3 is 2.69 bits per heavy atom. The summed E-state index contributed by atoms with van der Waals surface area (Å²) in [6.45, 7) is 3.09. The lowest BCUT2D eigenvalue weighted by atomic mass is 10.1. The van der Waals surface area contributed by atoms with E-state index in [0.717, 1.165) is 17.5 Å². The van der Waals surface area contributed by atoms with E-state index in [1.165, 1.54) is 30.0 Å². The minimum atomic E-state index is -0.565. The number of nitrogens with zero attached hydrogens (tertiary/aromatic N) is 4. The number of aromatic nitrogens is 2. The first-order chi connectivity index (χ1) is 16.9. The Hall–Kier alpha value is -3.95. The number of ether oxygens (including phenoxy) is 1. The van der Waals surface area contributed by atoms with Crippen molar-refractivity contribution in [2.24, 2.45) is 0 Å². The number of cyclic esters (lactones) is 1. The lowest BCUT2D eigenvalue weighted by Crippen LogP contribution is -2.33. The predicted octanol–water partition coefficient (Wildman–Crippen LogP) is 3.74. The van der Waals surface area contributed by atoms with Gasteiger partial charge in [-0.2, -0.15) is 5.10 Å². The van der Waals surface area contributed by atoms with Crippen LogP contribution < -0.4 is 15.1 Å². The molecule has 0 saturated carbocycles. The van der Waals surface area contributed by atoms with Gasteiger partial charge in [0.1, 0.15) is 17.7 Å². The highest BCUT2D eigenvalue weighted by atomic mass is 19.1. The van der Waals surface area contributed by atoms with Crippen molar-refractivity contribution in [2.75, 3.05) is 36.0 Å². The summed E-state index contributed by atoms with van der Waals surface area (Å²) in [5.74, 6) is -0.915. The quantitative estimate of drug-likeness (QED) is 0.580. The van der Waals surface area contributed by atoms with Gasteiger partial charge in [0.2, 0.25) is 5.91 Å². The summed E-state index contributed by atoms with van der Waals surface area (Å²) in [4.78, 5) is 26.7. The van der Waals surface area contributed by atoms with E-state index in [1.807, 2.05) is 15.8 Å². The van der Waals surface area contributed by atoms with Gasteiger partial charge in [-0.05, 0) is 42.3 Å². The number of hydrogen-bond acceptors (Lipinski definition) is 5. The van der Waals surface area contributed by atoms with E-state index in [2.05, 4.69) is 10.4 Å². The smallest absolute Gasteiger partial charge is 0.414 e. The lowest BCUT2D eigenvalue weighted by molar-refractivity contribution is -0.119. The monoisotopic (exact) mass is 481 g/mol. The second-order valence-electron chi connectivity index (χ2n) is 8.79. The molecule has 2 aliphatic rings. The molecule has 5 rings (SSSR count). The molecule has 182 valence electrons. The molecule has 0 spiro atoms. The normalized spacial score (nSPS) is 19.8. The van der Waals surface area contributed by atoms with Crippen LogP contribution in [-0.2, 0) is 9.53 Å². The van der Waals surface area contributed by atoms with Crippen LogP contribution in [0.3, 0.4) is 0 Å². The van der Waals surface area contributed by atoms with Crippen LogP contribution in [-0.4, -0.2) is 54.1 Å². The molecule has 2 fully saturated rings. The number of carbonyl (C=O) groups excluding carboxylic acids is 2. The molecule has 1 N–H and O–H groups in total. The van der Waals surface area contributed by atoms with Crippen LogP contribution in [0.25, 0.3) is 11.1 Å². The molecule has 2 atom stereocenters. The number of halogens is 2. The molecule has 3 heterocycles. The minimum Gasteiger partial charge on any atom is -0.442 e. The van der Waals surface area contributed by atoms with E-state index < -0.39 is 18.0 Å². The molecule has 8 nitrogen and oxygen atoms in total. The molecule has 10 heteroatoms. The summed E-state index contributed by atoms with van der Waals surface area (Å²) in [6.07, 6.45) is 3.43. The fourth-order valence-electron chi connectivity index (χ4n) is 4.52. The van der Waals surface area contributed by atoms with Gasteiger partial charge >= 0.3 is 6.09 Å². The fraction of sp³-hybridized carbons (Fsp3) is 0.320. The summed E-state index contributed by atoms with van der Waals surface area (Å²) in [7, 11) is 0. The van der Waals surface area contributed by atoms with Gasteiger partial charge in [-0.15, -0.1) is 0 Å². The zero-order valence-corrected chi connectivity index (χ0v) is 19.2. The van der Waals surface area contributed by atoms with Crippen molar-refractivity contribution in [3.05, 3.63) is 66.5 Å². The van der Waals surface area contributed by atoms with Crippen molar-refractivity contribution in [3.8, 4) is 11.1 Å². The number of benzene rings is 2. The van der Waals surface area contributed by atoms with Crippen LogP contribution >= 0.6 is 0 Å². The average Bonchev–Trinajstić information content (AvgIpc) is 3.58. The van der Waals surface area contributed by atoms with Crippen molar-refractivity contribution in [1.29, 1.82) is 0 Å². The zero-order chi connectivity index (χ0) is 24.5. The number of amides is 2. The minimum absolute atomic E-state index is 0.0753. The van der Waals surface area contributed by atoms with Gasteiger partial charge in [-0.3, -0.25) is 14.4 Å². The summed E-state index contributed by atoms with van der Waals surface area (Å²) in [5.41, 5.74) is 2.65. The van der Waals surface area contributed by atoms with E-state index in [4.69, 9.17) is 4.74 Å². The summed E-state index contributed by atoms with van der Waals surface area (Å²) in [5, 5.41) is 7.10. The van der Waals surface area contributed by atoms with Crippen LogP contribution in [0.4, 0.5) is 25.0 Å².